The first-order valence-electron chi connectivity index (χ1n) is 12.2. The van der Waals surface area contributed by atoms with Gasteiger partial charge in [-0.25, -0.2) is 0 Å². The summed E-state index contributed by atoms with van der Waals surface area (Å²) < 4.78 is 10.9. The molecule has 2 fully saturated rings. The van der Waals surface area contributed by atoms with Crippen molar-refractivity contribution in [2.24, 2.45) is 5.92 Å². The van der Waals surface area contributed by atoms with Gasteiger partial charge in [0, 0.05) is 38.7 Å². The molecule has 1 amide bonds. The number of carbonyl (C=O) groups excluding carboxylic acids is 1. The smallest absolute Gasteiger partial charge is 0.220 e. The second kappa shape index (κ2) is 11.9. The highest BCUT2D eigenvalue weighted by molar-refractivity contribution is 5.76. The third-order valence-electron chi connectivity index (χ3n) is 7.47. The number of likely N-dealkylation sites (tertiary alicyclic amines) is 1. The molecule has 3 rings (SSSR count). The molecule has 0 aromatic heterocycles. The number of nitrogens with one attached hydrogen (secondary N) is 1. The number of methoxy groups -OCH3 is 1. The zero-order chi connectivity index (χ0) is 22.2. The molecule has 1 saturated heterocycles. The van der Waals surface area contributed by atoms with E-state index in [1.54, 1.807) is 7.11 Å². The van der Waals surface area contributed by atoms with Gasteiger partial charge in [0.15, 0.2) is 0 Å². The minimum atomic E-state index is 0.258. The molecule has 5 nitrogen and oxygen atoms in total. The highest BCUT2D eigenvalue weighted by Crippen LogP contribution is 2.32. The summed E-state index contributed by atoms with van der Waals surface area (Å²) >= 11 is 0. The molecular weight excluding hydrogens is 388 g/mol. The Hall–Kier alpha value is -1.59. The standard InChI is InChI=1S/C26H42N2O3/c1-19-20(2)25(31-18-17-30-4)11-10-24(19)21(3)28-15-13-23(14-16-28)27-26(29)12-9-22-7-5-6-8-22/h10-11,21-23H,5-9,12-18H2,1-4H3,(H,27,29). The Bertz CT molecular complexity index is 707. The first kappa shape index (κ1) is 24.1. The fourth-order valence-electron chi connectivity index (χ4n) is 5.22. The van der Waals surface area contributed by atoms with Crippen molar-refractivity contribution in [2.75, 3.05) is 33.4 Å². The van der Waals surface area contributed by atoms with E-state index in [-0.39, 0.29) is 5.91 Å². The number of benzene rings is 1. The van der Waals surface area contributed by atoms with E-state index in [2.05, 4.69) is 43.1 Å². The van der Waals surface area contributed by atoms with Crippen LogP contribution in [-0.4, -0.2) is 50.3 Å². The number of nitrogens with zero attached hydrogens (tertiary/aromatic N) is 1. The van der Waals surface area contributed by atoms with Crippen LogP contribution in [0.15, 0.2) is 12.1 Å². The van der Waals surface area contributed by atoms with Gasteiger partial charge in [-0.3, -0.25) is 9.69 Å². The third-order valence-corrected chi connectivity index (χ3v) is 7.47. The molecule has 5 heteroatoms. The molecule has 1 atom stereocenters. The van der Waals surface area contributed by atoms with E-state index < -0.39 is 0 Å². The predicted molar refractivity (Wildman–Crippen MR) is 126 cm³/mol. The zero-order valence-corrected chi connectivity index (χ0v) is 20.0. The summed E-state index contributed by atoms with van der Waals surface area (Å²) in [4.78, 5) is 14.9. The summed E-state index contributed by atoms with van der Waals surface area (Å²) in [5.74, 6) is 2.00. The Morgan fingerprint density at radius 3 is 2.48 bits per heavy atom. The van der Waals surface area contributed by atoms with E-state index in [9.17, 15) is 4.79 Å². The quantitative estimate of drug-likeness (QED) is 0.534. The van der Waals surface area contributed by atoms with Gasteiger partial charge in [0.05, 0.1) is 6.61 Å². The molecule has 2 aliphatic rings. The predicted octanol–water partition coefficient (Wildman–Crippen LogP) is 4.94. The molecule has 1 aliphatic carbocycles. The van der Waals surface area contributed by atoms with Crippen molar-refractivity contribution in [1.82, 2.24) is 10.2 Å². The minimum Gasteiger partial charge on any atom is -0.491 e. The van der Waals surface area contributed by atoms with Crippen molar-refractivity contribution in [2.45, 2.75) is 84.2 Å². The Balaban J connectivity index is 1.46. The average molecular weight is 431 g/mol. The van der Waals surface area contributed by atoms with E-state index in [1.165, 1.54) is 42.4 Å². The summed E-state index contributed by atoms with van der Waals surface area (Å²) in [6.45, 7) is 9.86. The van der Waals surface area contributed by atoms with Gasteiger partial charge in [-0.2, -0.15) is 0 Å². The van der Waals surface area contributed by atoms with Gasteiger partial charge in [-0.05, 0) is 68.7 Å². The number of hydrogen-bond acceptors (Lipinski definition) is 4. The number of rotatable bonds is 10. The lowest BCUT2D eigenvalue weighted by atomic mass is 9.94. The van der Waals surface area contributed by atoms with Gasteiger partial charge in [0.2, 0.25) is 5.91 Å². The summed E-state index contributed by atoms with van der Waals surface area (Å²) in [7, 11) is 1.69. The van der Waals surface area contributed by atoms with E-state index in [0.717, 1.165) is 44.0 Å². The largest absolute Gasteiger partial charge is 0.491 e. The van der Waals surface area contributed by atoms with Gasteiger partial charge in [-0.1, -0.05) is 31.7 Å². The second-order valence-corrected chi connectivity index (χ2v) is 9.49. The molecule has 1 aromatic carbocycles. The molecule has 31 heavy (non-hydrogen) atoms. The van der Waals surface area contributed by atoms with Crippen LogP contribution >= 0.6 is 0 Å². The Morgan fingerprint density at radius 1 is 1.10 bits per heavy atom. The lowest BCUT2D eigenvalue weighted by molar-refractivity contribution is -0.122. The van der Waals surface area contributed by atoms with Crippen LogP contribution in [0.5, 0.6) is 5.75 Å². The summed E-state index contributed by atoms with van der Waals surface area (Å²) in [6.07, 6.45) is 9.21. The van der Waals surface area contributed by atoms with E-state index in [4.69, 9.17) is 9.47 Å². The van der Waals surface area contributed by atoms with Gasteiger partial charge in [-0.15, -0.1) is 0 Å². The van der Waals surface area contributed by atoms with Crippen molar-refractivity contribution < 1.29 is 14.3 Å². The van der Waals surface area contributed by atoms with Crippen molar-refractivity contribution in [3.8, 4) is 5.75 Å². The van der Waals surface area contributed by atoms with Crippen molar-refractivity contribution in [3.63, 3.8) is 0 Å². The Kier molecular flexibility index (Phi) is 9.21. The van der Waals surface area contributed by atoms with Crippen molar-refractivity contribution in [1.29, 1.82) is 0 Å². The van der Waals surface area contributed by atoms with Crippen LogP contribution in [0.1, 0.15) is 81.0 Å². The van der Waals surface area contributed by atoms with Gasteiger partial charge in [0.1, 0.15) is 12.4 Å². The van der Waals surface area contributed by atoms with Crippen LogP contribution in [0, 0.1) is 19.8 Å². The van der Waals surface area contributed by atoms with Gasteiger partial charge < -0.3 is 14.8 Å². The maximum Gasteiger partial charge on any atom is 0.220 e. The SMILES string of the molecule is COCCOc1ccc(C(C)N2CCC(NC(=O)CCC3CCCC3)CC2)c(C)c1C. The molecule has 1 aromatic rings. The Labute approximate surface area is 188 Å². The van der Waals surface area contributed by atoms with Crippen LogP contribution in [-0.2, 0) is 9.53 Å². The minimum absolute atomic E-state index is 0.258. The zero-order valence-electron chi connectivity index (χ0n) is 20.0. The van der Waals surface area contributed by atoms with E-state index >= 15 is 0 Å². The molecular formula is C26H42N2O3. The number of hydrogen-bond donors (Lipinski definition) is 1. The topological polar surface area (TPSA) is 50.8 Å². The molecule has 0 radical (unpaired) electrons. The van der Waals surface area contributed by atoms with Crippen LogP contribution < -0.4 is 10.1 Å². The third kappa shape index (κ3) is 6.69. The maximum atomic E-state index is 12.4. The highest BCUT2D eigenvalue weighted by atomic mass is 16.5. The lowest BCUT2D eigenvalue weighted by Gasteiger charge is -2.37. The first-order chi connectivity index (χ1) is 15.0. The van der Waals surface area contributed by atoms with E-state index in [0.29, 0.717) is 31.7 Å². The monoisotopic (exact) mass is 430 g/mol. The van der Waals surface area contributed by atoms with Crippen molar-refractivity contribution in [3.05, 3.63) is 28.8 Å². The second-order valence-electron chi connectivity index (χ2n) is 9.49. The molecule has 1 N–H and O–H groups in total. The summed E-state index contributed by atoms with van der Waals surface area (Å²) in [5.41, 5.74) is 3.89. The maximum absolute atomic E-state index is 12.4. The van der Waals surface area contributed by atoms with E-state index in [1.807, 2.05) is 0 Å². The number of amides is 1. The normalized spacial score (nSPS) is 19.5. The average Bonchev–Trinajstić information content (AvgIpc) is 3.29. The van der Waals surface area contributed by atoms with Crippen LogP contribution in [0.25, 0.3) is 0 Å². The molecule has 0 bridgehead atoms. The Morgan fingerprint density at radius 2 is 1.81 bits per heavy atom. The number of piperidine rings is 1. The molecule has 1 aliphatic heterocycles. The van der Waals surface area contributed by atoms with Crippen molar-refractivity contribution >= 4 is 5.91 Å². The molecule has 174 valence electrons. The first-order valence-corrected chi connectivity index (χ1v) is 12.2. The fraction of sp³-hybridized carbons (Fsp3) is 0.731. The molecule has 1 heterocycles. The van der Waals surface area contributed by atoms with Crippen LogP contribution in [0.4, 0.5) is 0 Å². The van der Waals surface area contributed by atoms with Crippen LogP contribution in [0.2, 0.25) is 0 Å². The summed E-state index contributed by atoms with van der Waals surface area (Å²) in [6, 6.07) is 5.01. The lowest BCUT2D eigenvalue weighted by Crippen LogP contribution is -2.45. The summed E-state index contributed by atoms with van der Waals surface area (Å²) in [5, 5.41) is 3.30. The van der Waals surface area contributed by atoms with Gasteiger partial charge >= 0.3 is 0 Å². The number of carbonyl (C=O) groups is 1. The molecule has 1 saturated carbocycles. The molecule has 0 spiro atoms. The highest BCUT2D eigenvalue weighted by Gasteiger charge is 2.26. The number of ether oxygens (including phenoxy) is 2. The van der Waals surface area contributed by atoms with Crippen LogP contribution in [0.3, 0.4) is 0 Å². The fourth-order valence-corrected chi connectivity index (χ4v) is 5.22. The van der Waals surface area contributed by atoms with Gasteiger partial charge in [0.25, 0.3) is 0 Å². The molecule has 1 unspecified atom stereocenters.